The van der Waals surface area contributed by atoms with Crippen molar-refractivity contribution < 1.29 is 4.79 Å². The summed E-state index contributed by atoms with van der Waals surface area (Å²) in [7, 11) is 0. The van der Waals surface area contributed by atoms with Gasteiger partial charge in [0.05, 0.1) is 0 Å². The number of fused-ring (bicyclic) bond motifs is 1. The number of carbonyl (C=O) groups is 1. The summed E-state index contributed by atoms with van der Waals surface area (Å²) >= 11 is 0. The Morgan fingerprint density at radius 3 is 2.82 bits per heavy atom. The summed E-state index contributed by atoms with van der Waals surface area (Å²) in [6.07, 6.45) is 5.76. The van der Waals surface area contributed by atoms with Crippen molar-refractivity contribution in [3.63, 3.8) is 0 Å². The molecule has 0 radical (unpaired) electrons. The molecule has 90 valence electrons. The standard InChI is InChI=1S/C14H18N2O/c17-14(15-12-6-2-3-7-12)16-10-9-11-5-1-4-8-13(11)16/h1,4-5,8,12H,2-3,6-7,9-10H2,(H,15,17). The Hall–Kier alpha value is -1.51. The van der Waals surface area contributed by atoms with Crippen LogP contribution in [-0.2, 0) is 6.42 Å². The second-order valence-corrected chi connectivity index (χ2v) is 4.96. The van der Waals surface area contributed by atoms with Gasteiger partial charge in [-0.2, -0.15) is 0 Å². The smallest absolute Gasteiger partial charge is 0.322 e. The Kier molecular flexibility index (Phi) is 2.75. The van der Waals surface area contributed by atoms with Crippen molar-refractivity contribution in [2.24, 2.45) is 0 Å². The lowest BCUT2D eigenvalue weighted by molar-refractivity contribution is 0.243. The van der Waals surface area contributed by atoms with Crippen LogP contribution in [0.1, 0.15) is 31.2 Å². The summed E-state index contributed by atoms with van der Waals surface area (Å²) in [5.74, 6) is 0. The third-order valence-corrected chi connectivity index (χ3v) is 3.82. The molecule has 1 saturated carbocycles. The van der Waals surface area contributed by atoms with E-state index in [2.05, 4.69) is 11.4 Å². The maximum atomic E-state index is 12.2. The minimum atomic E-state index is 0.0850. The zero-order chi connectivity index (χ0) is 11.7. The van der Waals surface area contributed by atoms with Crippen molar-refractivity contribution in [1.29, 1.82) is 0 Å². The molecule has 0 saturated heterocycles. The first-order valence-corrected chi connectivity index (χ1v) is 6.50. The first-order chi connectivity index (χ1) is 8.34. The maximum absolute atomic E-state index is 12.2. The number of nitrogens with zero attached hydrogens (tertiary/aromatic N) is 1. The van der Waals surface area contributed by atoms with E-state index in [1.807, 2.05) is 23.1 Å². The summed E-state index contributed by atoms with van der Waals surface area (Å²) in [5.41, 5.74) is 2.37. The van der Waals surface area contributed by atoms with E-state index < -0.39 is 0 Å². The van der Waals surface area contributed by atoms with E-state index in [0.29, 0.717) is 6.04 Å². The minimum Gasteiger partial charge on any atom is -0.335 e. The summed E-state index contributed by atoms with van der Waals surface area (Å²) in [6.45, 7) is 0.817. The molecule has 1 aliphatic carbocycles. The van der Waals surface area contributed by atoms with Crippen molar-refractivity contribution in [3.8, 4) is 0 Å². The molecule has 3 rings (SSSR count). The number of rotatable bonds is 1. The average molecular weight is 230 g/mol. The van der Waals surface area contributed by atoms with Crippen LogP contribution in [0.4, 0.5) is 10.5 Å². The summed E-state index contributed by atoms with van der Waals surface area (Å²) < 4.78 is 0. The Morgan fingerprint density at radius 2 is 2.00 bits per heavy atom. The summed E-state index contributed by atoms with van der Waals surface area (Å²) in [6, 6.07) is 8.67. The number of benzene rings is 1. The van der Waals surface area contributed by atoms with Gasteiger partial charge in [0.15, 0.2) is 0 Å². The lowest BCUT2D eigenvalue weighted by atomic mass is 10.2. The Morgan fingerprint density at radius 1 is 1.24 bits per heavy atom. The van der Waals surface area contributed by atoms with Gasteiger partial charge in [-0.25, -0.2) is 4.79 Å². The monoisotopic (exact) mass is 230 g/mol. The molecular weight excluding hydrogens is 212 g/mol. The molecule has 1 aromatic carbocycles. The number of hydrogen-bond acceptors (Lipinski definition) is 1. The van der Waals surface area contributed by atoms with Crippen molar-refractivity contribution >= 4 is 11.7 Å². The molecule has 3 nitrogen and oxygen atoms in total. The van der Waals surface area contributed by atoms with Crippen LogP contribution >= 0.6 is 0 Å². The molecular formula is C14H18N2O. The molecule has 0 aromatic heterocycles. The first-order valence-electron chi connectivity index (χ1n) is 6.50. The van der Waals surface area contributed by atoms with E-state index in [0.717, 1.165) is 31.5 Å². The quantitative estimate of drug-likeness (QED) is 0.790. The number of para-hydroxylation sites is 1. The number of urea groups is 1. The van der Waals surface area contributed by atoms with Gasteiger partial charge in [0, 0.05) is 18.3 Å². The third kappa shape index (κ3) is 2.02. The number of carbonyl (C=O) groups excluding carboxylic acids is 1. The minimum absolute atomic E-state index is 0.0850. The second-order valence-electron chi connectivity index (χ2n) is 4.96. The van der Waals surface area contributed by atoms with Crippen molar-refractivity contribution in [2.75, 3.05) is 11.4 Å². The van der Waals surface area contributed by atoms with Gasteiger partial charge in [0.2, 0.25) is 0 Å². The lowest BCUT2D eigenvalue weighted by Gasteiger charge is -2.21. The van der Waals surface area contributed by atoms with Gasteiger partial charge in [-0.05, 0) is 30.9 Å². The summed E-state index contributed by atoms with van der Waals surface area (Å²) in [5, 5.41) is 3.15. The maximum Gasteiger partial charge on any atom is 0.322 e. The van der Waals surface area contributed by atoms with E-state index in [9.17, 15) is 4.79 Å². The number of hydrogen-bond donors (Lipinski definition) is 1. The lowest BCUT2D eigenvalue weighted by Crippen LogP contribution is -2.43. The zero-order valence-electron chi connectivity index (χ0n) is 9.98. The van der Waals surface area contributed by atoms with Crippen LogP contribution in [0.3, 0.4) is 0 Å². The Balaban J connectivity index is 1.71. The molecule has 0 atom stereocenters. The molecule has 1 fully saturated rings. The van der Waals surface area contributed by atoms with Crippen LogP contribution in [0, 0.1) is 0 Å². The molecule has 17 heavy (non-hydrogen) atoms. The van der Waals surface area contributed by atoms with Crippen LogP contribution in [0.5, 0.6) is 0 Å². The van der Waals surface area contributed by atoms with Crippen molar-refractivity contribution in [3.05, 3.63) is 29.8 Å². The highest BCUT2D eigenvalue weighted by molar-refractivity contribution is 5.94. The fourth-order valence-corrected chi connectivity index (χ4v) is 2.87. The van der Waals surface area contributed by atoms with Crippen LogP contribution in [0.15, 0.2) is 24.3 Å². The Labute approximate surface area is 102 Å². The highest BCUT2D eigenvalue weighted by Crippen LogP contribution is 2.27. The van der Waals surface area contributed by atoms with E-state index >= 15 is 0 Å². The molecule has 1 aliphatic heterocycles. The zero-order valence-corrected chi connectivity index (χ0v) is 9.98. The highest BCUT2D eigenvalue weighted by atomic mass is 16.2. The van der Waals surface area contributed by atoms with E-state index in [-0.39, 0.29) is 6.03 Å². The Bertz CT molecular complexity index is 424. The van der Waals surface area contributed by atoms with Crippen LogP contribution < -0.4 is 10.2 Å². The van der Waals surface area contributed by atoms with E-state index in [4.69, 9.17) is 0 Å². The predicted molar refractivity (Wildman–Crippen MR) is 68.3 cm³/mol. The third-order valence-electron chi connectivity index (χ3n) is 3.82. The number of nitrogens with one attached hydrogen (secondary N) is 1. The average Bonchev–Trinajstić information content (AvgIpc) is 2.96. The molecule has 1 aromatic rings. The molecule has 0 unspecified atom stereocenters. The second kappa shape index (κ2) is 4.40. The molecule has 1 heterocycles. The molecule has 0 spiro atoms. The van der Waals surface area contributed by atoms with Gasteiger partial charge in [-0.15, -0.1) is 0 Å². The molecule has 0 bridgehead atoms. The van der Waals surface area contributed by atoms with Crippen molar-refractivity contribution in [1.82, 2.24) is 5.32 Å². The number of amides is 2. The van der Waals surface area contributed by atoms with Gasteiger partial charge in [0.1, 0.15) is 0 Å². The summed E-state index contributed by atoms with van der Waals surface area (Å²) in [4.78, 5) is 14.1. The van der Waals surface area contributed by atoms with Crippen molar-refractivity contribution in [2.45, 2.75) is 38.1 Å². The fraction of sp³-hybridized carbons (Fsp3) is 0.500. The normalized spacial score (nSPS) is 19.4. The van der Waals surface area contributed by atoms with E-state index in [1.54, 1.807) is 0 Å². The van der Waals surface area contributed by atoms with Gasteiger partial charge in [-0.3, -0.25) is 4.90 Å². The molecule has 3 heteroatoms. The largest absolute Gasteiger partial charge is 0.335 e. The van der Waals surface area contributed by atoms with E-state index in [1.165, 1.54) is 18.4 Å². The number of anilines is 1. The molecule has 2 aliphatic rings. The van der Waals surface area contributed by atoms with Gasteiger partial charge < -0.3 is 5.32 Å². The predicted octanol–water partition coefficient (Wildman–Crippen LogP) is 2.70. The topological polar surface area (TPSA) is 32.3 Å². The van der Waals surface area contributed by atoms with Gasteiger partial charge >= 0.3 is 6.03 Å². The van der Waals surface area contributed by atoms with Crippen LogP contribution in [0.25, 0.3) is 0 Å². The highest BCUT2D eigenvalue weighted by Gasteiger charge is 2.26. The first kappa shape index (κ1) is 10.6. The molecule has 2 amide bonds. The van der Waals surface area contributed by atoms with Crippen LogP contribution in [-0.4, -0.2) is 18.6 Å². The van der Waals surface area contributed by atoms with Gasteiger partial charge in [0.25, 0.3) is 0 Å². The van der Waals surface area contributed by atoms with Gasteiger partial charge in [-0.1, -0.05) is 31.0 Å². The van der Waals surface area contributed by atoms with Crippen LogP contribution in [0.2, 0.25) is 0 Å². The molecule has 1 N–H and O–H groups in total. The SMILES string of the molecule is O=C(NC1CCCC1)N1CCc2ccccc21. The fourth-order valence-electron chi connectivity index (χ4n) is 2.87.